The minimum absolute atomic E-state index is 0.103. The number of halogens is 1. The Morgan fingerprint density at radius 2 is 1.96 bits per heavy atom. The first-order chi connectivity index (χ1) is 11.6. The molecule has 0 aliphatic rings. The van der Waals surface area contributed by atoms with Crippen molar-refractivity contribution < 1.29 is 18.7 Å². The zero-order valence-electron chi connectivity index (χ0n) is 13.3. The lowest BCUT2D eigenvalue weighted by atomic mass is 10.2. The first-order valence-electron chi connectivity index (χ1n) is 7.44. The van der Waals surface area contributed by atoms with Crippen molar-refractivity contribution in [3.05, 3.63) is 58.5 Å². The van der Waals surface area contributed by atoms with Crippen LogP contribution in [0.3, 0.4) is 0 Å². The lowest BCUT2D eigenvalue weighted by molar-refractivity contribution is -0.131. The minimum Gasteiger partial charge on any atom is -0.444 e. The molecule has 0 fully saturated rings. The molecule has 0 aliphatic heterocycles. The van der Waals surface area contributed by atoms with Gasteiger partial charge >= 0.3 is 0 Å². The van der Waals surface area contributed by atoms with E-state index >= 15 is 0 Å². The summed E-state index contributed by atoms with van der Waals surface area (Å²) in [5.41, 5.74) is 1.02. The van der Waals surface area contributed by atoms with Crippen LogP contribution >= 0.6 is 15.9 Å². The highest BCUT2D eigenvalue weighted by molar-refractivity contribution is 9.10. The van der Waals surface area contributed by atoms with E-state index in [9.17, 15) is 9.59 Å². The van der Waals surface area contributed by atoms with Gasteiger partial charge in [-0.05, 0) is 33.6 Å². The van der Waals surface area contributed by atoms with Gasteiger partial charge in [0.25, 0.3) is 5.91 Å². The van der Waals surface area contributed by atoms with Gasteiger partial charge in [0.05, 0.1) is 13.2 Å². The molecule has 1 aromatic carbocycles. The first kappa shape index (κ1) is 18.2. The quantitative estimate of drug-likeness (QED) is 0.746. The summed E-state index contributed by atoms with van der Waals surface area (Å²) in [5.74, 6) is -0.462. The van der Waals surface area contributed by atoms with Gasteiger partial charge in [-0.15, -0.1) is 0 Å². The molecule has 0 saturated carbocycles. The van der Waals surface area contributed by atoms with E-state index < -0.39 is 5.91 Å². The van der Waals surface area contributed by atoms with Crippen LogP contribution in [0, 0.1) is 0 Å². The molecule has 0 radical (unpaired) electrons. The van der Waals surface area contributed by atoms with Gasteiger partial charge in [-0.3, -0.25) is 9.59 Å². The number of methoxy groups -OCH3 is 1. The second-order valence-corrected chi connectivity index (χ2v) is 5.86. The highest BCUT2D eigenvalue weighted by Crippen LogP contribution is 2.13. The monoisotopic (exact) mass is 394 g/mol. The standard InChI is InChI=1S/C17H19BrN2O4/c1-23-10-9-20(12-13-5-3-2-4-6-13)16(21)11-19-17(22)14-7-8-15(18)24-14/h2-8H,9-12H2,1H3,(H,19,22). The summed E-state index contributed by atoms with van der Waals surface area (Å²) in [7, 11) is 1.59. The van der Waals surface area contributed by atoms with Gasteiger partial charge in [0, 0.05) is 20.2 Å². The zero-order chi connectivity index (χ0) is 17.4. The van der Waals surface area contributed by atoms with Gasteiger partial charge in [-0.25, -0.2) is 0 Å². The molecule has 2 aromatic rings. The van der Waals surface area contributed by atoms with Crippen LogP contribution in [-0.4, -0.2) is 43.5 Å². The van der Waals surface area contributed by atoms with Crippen LogP contribution < -0.4 is 5.32 Å². The Balaban J connectivity index is 1.93. The number of carbonyl (C=O) groups is 2. The number of amides is 2. The van der Waals surface area contributed by atoms with E-state index in [0.717, 1.165) is 5.56 Å². The minimum atomic E-state index is -0.430. The van der Waals surface area contributed by atoms with E-state index in [1.807, 2.05) is 30.3 Å². The molecule has 0 spiro atoms. The lowest BCUT2D eigenvalue weighted by Gasteiger charge is -2.22. The number of carbonyl (C=O) groups excluding carboxylic acids is 2. The molecule has 2 rings (SSSR count). The van der Waals surface area contributed by atoms with Crippen molar-refractivity contribution in [3.63, 3.8) is 0 Å². The summed E-state index contributed by atoms with van der Waals surface area (Å²) in [6, 6.07) is 12.8. The van der Waals surface area contributed by atoms with Crippen molar-refractivity contribution in [1.82, 2.24) is 10.2 Å². The number of nitrogens with zero attached hydrogens (tertiary/aromatic N) is 1. The van der Waals surface area contributed by atoms with Crippen LogP contribution in [0.1, 0.15) is 16.1 Å². The van der Waals surface area contributed by atoms with Crippen molar-refractivity contribution in [2.75, 3.05) is 26.8 Å². The molecule has 6 nitrogen and oxygen atoms in total. The third kappa shape index (κ3) is 5.50. The van der Waals surface area contributed by atoms with E-state index in [0.29, 0.717) is 24.4 Å². The summed E-state index contributed by atoms with van der Waals surface area (Å²) in [4.78, 5) is 26.0. The number of rotatable bonds is 8. The second-order valence-electron chi connectivity index (χ2n) is 5.08. The third-order valence-electron chi connectivity index (χ3n) is 3.33. The van der Waals surface area contributed by atoms with E-state index in [4.69, 9.17) is 9.15 Å². The van der Waals surface area contributed by atoms with Gasteiger partial charge in [0.1, 0.15) is 0 Å². The van der Waals surface area contributed by atoms with Crippen molar-refractivity contribution >= 4 is 27.7 Å². The number of nitrogens with one attached hydrogen (secondary N) is 1. The molecule has 0 aliphatic carbocycles. The Morgan fingerprint density at radius 3 is 2.58 bits per heavy atom. The summed E-state index contributed by atoms with van der Waals surface area (Å²) >= 11 is 3.13. The van der Waals surface area contributed by atoms with E-state index in [1.54, 1.807) is 18.1 Å². The van der Waals surface area contributed by atoms with Crippen LogP contribution in [0.25, 0.3) is 0 Å². The molecule has 2 amide bonds. The van der Waals surface area contributed by atoms with Gasteiger partial charge in [-0.2, -0.15) is 0 Å². The third-order valence-corrected chi connectivity index (χ3v) is 3.76. The highest BCUT2D eigenvalue weighted by Gasteiger charge is 2.17. The summed E-state index contributed by atoms with van der Waals surface area (Å²) in [5, 5.41) is 2.57. The molecule has 0 saturated heterocycles. The molecular formula is C17H19BrN2O4. The number of benzene rings is 1. The number of furan rings is 1. The Labute approximate surface area is 148 Å². The van der Waals surface area contributed by atoms with Gasteiger partial charge in [-0.1, -0.05) is 30.3 Å². The maximum absolute atomic E-state index is 12.4. The largest absolute Gasteiger partial charge is 0.444 e. The Morgan fingerprint density at radius 1 is 1.21 bits per heavy atom. The zero-order valence-corrected chi connectivity index (χ0v) is 14.9. The molecule has 0 atom stereocenters. The Kier molecular flexibility index (Phi) is 7.02. The van der Waals surface area contributed by atoms with Crippen molar-refractivity contribution in [2.45, 2.75) is 6.54 Å². The molecular weight excluding hydrogens is 376 g/mol. The molecule has 1 N–H and O–H groups in total. The van der Waals surface area contributed by atoms with Crippen molar-refractivity contribution in [2.24, 2.45) is 0 Å². The molecule has 1 aromatic heterocycles. The number of hydrogen-bond donors (Lipinski definition) is 1. The second kappa shape index (κ2) is 9.24. The Hall–Kier alpha value is -2.12. The molecule has 0 bridgehead atoms. The summed E-state index contributed by atoms with van der Waals surface area (Å²) in [6.45, 7) is 1.24. The summed E-state index contributed by atoms with van der Waals surface area (Å²) < 4.78 is 10.7. The maximum atomic E-state index is 12.4. The Bertz CT molecular complexity index is 672. The highest BCUT2D eigenvalue weighted by atomic mass is 79.9. The van der Waals surface area contributed by atoms with Crippen LogP contribution in [0.4, 0.5) is 0 Å². The normalized spacial score (nSPS) is 10.4. The molecule has 128 valence electrons. The van der Waals surface area contributed by atoms with E-state index in [-0.39, 0.29) is 18.2 Å². The fourth-order valence-corrected chi connectivity index (χ4v) is 2.39. The van der Waals surface area contributed by atoms with E-state index in [2.05, 4.69) is 21.2 Å². The average Bonchev–Trinajstić information content (AvgIpc) is 3.03. The maximum Gasteiger partial charge on any atom is 0.287 e. The summed E-state index contributed by atoms with van der Waals surface area (Å²) in [6.07, 6.45) is 0. The predicted molar refractivity (Wildman–Crippen MR) is 92.5 cm³/mol. The number of hydrogen-bond acceptors (Lipinski definition) is 4. The number of ether oxygens (including phenoxy) is 1. The van der Waals surface area contributed by atoms with Crippen molar-refractivity contribution in [1.29, 1.82) is 0 Å². The fraction of sp³-hybridized carbons (Fsp3) is 0.294. The van der Waals surface area contributed by atoms with Crippen LogP contribution in [0.5, 0.6) is 0 Å². The predicted octanol–water partition coefficient (Wildman–Crippen LogP) is 2.45. The topological polar surface area (TPSA) is 71.8 Å². The molecule has 1 heterocycles. The van der Waals surface area contributed by atoms with Gasteiger partial charge in [0.2, 0.25) is 5.91 Å². The molecule has 0 unspecified atom stereocenters. The SMILES string of the molecule is COCCN(Cc1ccccc1)C(=O)CNC(=O)c1ccc(Br)o1. The lowest BCUT2D eigenvalue weighted by Crippen LogP contribution is -2.41. The molecule has 24 heavy (non-hydrogen) atoms. The fourth-order valence-electron chi connectivity index (χ4n) is 2.09. The first-order valence-corrected chi connectivity index (χ1v) is 8.23. The van der Waals surface area contributed by atoms with Gasteiger partial charge in [0.15, 0.2) is 10.4 Å². The molecule has 7 heteroatoms. The van der Waals surface area contributed by atoms with Gasteiger partial charge < -0.3 is 19.4 Å². The van der Waals surface area contributed by atoms with Crippen molar-refractivity contribution in [3.8, 4) is 0 Å². The smallest absolute Gasteiger partial charge is 0.287 e. The van der Waals surface area contributed by atoms with Crippen LogP contribution in [0.15, 0.2) is 51.6 Å². The van der Waals surface area contributed by atoms with E-state index in [1.165, 1.54) is 6.07 Å². The van der Waals surface area contributed by atoms with Crippen LogP contribution in [0.2, 0.25) is 0 Å². The average molecular weight is 395 g/mol. The van der Waals surface area contributed by atoms with Crippen LogP contribution in [-0.2, 0) is 16.1 Å².